The molecule has 0 aliphatic carbocycles. The molecule has 0 saturated carbocycles. The minimum atomic E-state index is -0.244. The smallest absolute Gasteiger partial charge is 0.137 e. The lowest BCUT2D eigenvalue weighted by molar-refractivity contribution is 0.411. The van der Waals surface area contributed by atoms with Gasteiger partial charge in [-0.05, 0) is 80.7 Å². The Hall–Kier alpha value is -0.910. The van der Waals surface area contributed by atoms with Gasteiger partial charge in [0.1, 0.15) is 11.6 Å². The van der Waals surface area contributed by atoms with Gasteiger partial charge in [0.25, 0.3) is 0 Å². The molecule has 5 heteroatoms. The zero-order chi connectivity index (χ0) is 15.4. The summed E-state index contributed by atoms with van der Waals surface area (Å²) < 4.78 is 20.0. The van der Waals surface area contributed by atoms with E-state index in [0.29, 0.717) is 4.47 Å². The molecule has 2 rings (SSSR count). The summed E-state index contributed by atoms with van der Waals surface area (Å²) in [6, 6.07) is 11.3. The van der Waals surface area contributed by atoms with E-state index in [9.17, 15) is 4.39 Å². The Labute approximate surface area is 141 Å². The second-order valence-electron chi connectivity index (χ2n) is 4.69. The fourth-order valence-electron chi connectivity index (χ4n) is 2.19. The molecule has 0 saturated heterocycles. The first-order valence-corrected chi connectivity index (χ1v) is 8.08. The van der Waals surface area contributed by atoms with E-state index in [4.69, 9.17) is 4.74 Å². The zero-order valence-electron chi connectivity index (χ0n) is 11.8. The van der Waals surface area contributed by atoms with Crippen LogP contribution < -0.4 is 10.1 Å². The largest absolute Gasteiger partial charge is 0.496 e. The molecule has 1 unspecified atom stereocenters. The van der Waals surface area contributed by atoms with E-state index in [1.165, 1.54) is 6.07 Å². The molecule has 0 bridgehead atoms. The summed E-state index contributed by atoms with van der Waals surface area (Å²) in [6.07, 6.45) is 0.772. The van der Waals surface area contributed by atoms with E-state index in [-0.39, 0.29) is 11.9 Å². The van der Waals surface area contributed by atoms with Crippen LogP contribution in [0.25, 0.3) is 0 Å². The number of methoxy groups -OCH3 is 1. The molecule has 0 heterocycles. The lowest BCUT2D eigenvalue weighted by Gasteiger charge is -2.18. The van der Waals surface area contributed by atoms with E-state index in [2.05, 4.69) is 37.2 Å². The normalized spacial score (nSPS) is 12.2. The summed E-state index contributed by atoms with van der Waals surface area (Å²) in [5.74, 6) is 0.560. The predicted octanol–water partition coefficient (Wildman–Crippen LogP) is 4.86. The molecule has 0 aliphatic heterocycles. The van der Waals surface area contributed by atoms with Crippen molar-refractivity contribution in [3.8, 4) is 5.75 Å². The highest BCUT2D eigenvalue weighted by molar-refractivity contribution is 9.10. The van der Waals surface area contributed by atoms with E-state index >= 15 is 0 Å². The van der Waals surface area contributed by atoms with Crippen LogP contribution in [0, 0.1) is 5.82 Å². The summed E-state index contributed by atoms with van der Waals surface area (Å²) in [5, 5.41) is 3.29. The molecule has 2 nitrogen and oxygen atoms in total. The minimum absolute atomic E-state index is 0.143. The molecule has 0 fully saturated rings. The van der Waals surface area contributed by atoms with Crippen molar-refractivity contribution in [2.24, 2.45) is 0 Å². The number of hydrogen-bond donors (Lipinski definition) is 1. The molecule has 1 N–H and O–H groups in total. The molecular weight excluding hydrogens is 401 g/mol. The second kappa shape index (κ2) is 7.38. The summed E-state index contributed by atoms with van der Waals surface area (Å²) >= 11 is 6.73. The number of rotatable bonds is 5. The minimum Gasteiger partial charge on any atom is -0.496 e. The van der Waals surface area contributed by atoms with Crippen LogP contribution in [0.1, 0.15) is 17.2 Å². The van der Waals surface area contributed by atoms with Gasteiger partial charge in [0.05, 0.1) is 16.1 Å². The molecule has 0 amide bonds. The second-order valence-corrected chi connectivity index (χ2v) is 6.40. The number of hydrogen-bond acceptors (Lipinski definition) is 2. The Morgan fingerprint density at radius 3 is 2.48 bits per heavy atom. The summed E-state index contributed by atoms with van der Waals surface area (Å²) in [7, 11) is 3.56. The molecule has 112 valence electrons. The molecule has 2 aromatic carbocycles. The van der Waals surface area contributed by atoms with Crippen LogP contribution in [0.15, 0.2) is 45.3 Å². The van der Waals surface area contributed by atoms with Crippen molar-refractivity contribution in [3.63, 3.8) is 0 Å². The van der Waals surface area contributed by atoms with Crippen LogP contribution in [0.5, 0.6) is 5.75 Å². The summed E-state index contributed by atoms with van der Waals surface area (Å²) in [5.41, 5.74) is 2.21. The van der Waals surface area contributed by atoms with Crippen molar-refractivity contribution in [2.45, 2.75) is 12.5 Å². The summed E-state index contributed by atoms with van der Waals surface area (Å²) in [6.45, 7) is 0. The monoisotopic (exact) mass is 415 g/mol. The Bertz CT molecular complexity index is 634. The van der Waals surface area contributed by atoms with Gasteiger partial charge in [-0.3, -0.25) is 0 Å². The van der Waals surface area contributed by atoms with Crippen LogP contribution in [0.2, 0.25) is 0 Å². The number of halogens is 3. The van der Waals surface area contributed by atoms with Gasteiger partial charge in [0.2, 0.25) is 0 Å². The Morgan fingerprint density at radius 2 is 1.90 bits per heavy atom. The predicted molar refractivity (Wildman–Crippen MR) is 90.3 cm³/mol. The number of benzene rings is 2. The molecule has 2 aromatic rings. The molecule has 0 spiro atoms. The van der Waals surface area contributed by atoms with Gasteiger partial charge in [-0.1, -0.05) is 12.1 Å². The first kappa shape index (κ1) is 16.5. The van der Waals surface area contributed by atoms with Crippen molar-refractivity contribution in [1.82, 2.24) is 5.32 Å². The Balaban J connectivity index is 2.23. The number of ether oxygens (including phenoxy) is 1. The van der Waals surface area contributed by atoms with E-state index in [1.807, 2.05) is 37.4 Å². The number of likely N-dealkylation sites (N-methyl/N-ethyl adjacent to an activating group) is 1. The molecule has 1 atom stereocenters. The van der Waals surface area contributed by atoms with Crippen molar-refractivity contribution < 1.29 is 9.13 Å². The molecule has 0 aliphatic rings. The molecule has 0 aromatic heterocycles. The van der Waals surface area contributed by atoms with Gasteiger partial charge < -0.3 is 10.1 Å². The van der Waals surface area contributed by atoms with Crippen molar-refractivity contribution >= 4 is 31.9 Å². The molecular formula is C16H16Br2FNO. The fourth-order valence-corrected chi connectivity index (χ4v) is 3.17. The highest BCUT2D eigenvalue weighted by atomic mass is 79.9. The summed E-state index contributed by atoms with van der Waals surface area (Å²) in [4.78, 5) is 0. The standard InChI is InChI=1S/C16H16Br2FNO/c1-20-15(8-10-3-5-14(19)12(17)7-10)11-4-6-16(21-2)13(18)9-11/h3-7,9,15,20H,8H2,1-2H3. The topological polar surface area (TPSA) is 21.3 Å². The third-order valence-corrected chi connectivity index (χ3v) is 4.58. The number of nitrogens with one attached hydrogen (secondary N) is 1. The Kier molecular flexibility index (Phi) is 5.79. The average molecular weight is 417 g/mol. The first-order chi connectivity index (χ1) is 10.0. The van der Waals surface area contributed by atoms with Crippen molar-refractivity contribution in [1.29, 1.82) is 0 Å². The lowest BCUT2D eigenvalue weighted by atomic mass is 9.99. The van der Waals surface area contributed by atoms with Gasteiger partial charge in [-0.2, -0.15) is 0 Å². The zero-order valence-corrected chi connectivity index (χ0v) is 15.0. The highest BCUT2D eigenvalue weighted by Crippen LogP contribution is 2.29. The van der Waals surface area contributed by atoms with Gasteiger partial charge in [0, 0.05) is 6.04 Å². The third-order valence-electron chi connectivity index (χ3n) is 3.35. The molecule has 0 radical (unpaired) electrons. The van der Waals surface area contributed by atoms with Crippen LogP contribution in [0.3, 0.4) is 0 Å². The maximum absolute atomic E-state index is 13.3. The van der Waals surface area contributed by atoms with Gasteiger partial charge in [-0.15, -0.1) is 0 Å². The maximum atomic E-state index is 13.3. The van der Waals surface area contributed by atoms with E-state index in [1.54, 1.807) is 7.11 Å². The van der Waals surface area contributed by atoms with Crippen LogP contribution in [-0.4, -0.2) is 14.2 Å². The van der Waals surface area contributed by atoms with Crippen molar-refractivity contribution in [3.05, 3.63) is 62.3 Å². The lowest BCUT2D eigenvalue weighted by Crippen LogP contribution is -2.19. The van der Waals surface area contributed by atoms with Crippen molar-refractivity contribution in [2.75, 3.05) is 14.2 Å². The fraction of sp³-hybridized carbons (Fsp3) is 0.250. The van der Waals surface area contributed by atoms with Gasteiger partial charge in [-0.25, -0.2) is 4.39 Å². The molecule has 21 heavy (non-hydrogen) atoms. The SMILES string of the molecule is CNC(Cc1ccc(F)c(Br)c1)c1ccc(OC)c(Br)c1. The van der Waals surface area contributed by atoms with Gasteiger partial charge in [0.15, 0.2) is 0 Å². The van der Waals surface area contributed by atoms with Gasteiger partial charge >= 0.3 is 0 Å². The van der Waals surface area contributed by atoms with Crippen LogP contribution in [0.4, 0.5) is 4.39 Å². The quantitative estimate of drug-likeness (QED) is 0.751. The highest BCUT2D eigenvalue weighted by Gasteiger charge is 2.13. The third kappa shape index (κ3) is 4.05. The maximum Gasteiger partial charge on any atom is 0.137 e. The Morgan fingerprint density at radius 1 is 1.14 bits per heavy atom. The van der Waals surface area contributed by atoms with Crippen LogP contribution in [-0.2, 0) is 6.42 Å². The first-order valence-electron chi connectivity index (χ1n) is 6.49. The van der Waals surface area contributed by atoms with Crippen LogP contribution >= 0.6 is 31.9 Å². The van der Waals surface area contributed by atoms with E-state index in [0.717, 1.165) is 27.8 Å². The average Bonchev–Trinajstić information content (AvgIpc) is 2.48. The van der Waals surface area contributed by atoms with E-state index < -0.39 is 0 Å².